The molecule has 1 aromatic rings. The van der Waals surface area contributed by atoms with Gasteiger partial charge in [-0.3, -0.25) is 4.79 Å². The van der Waals surface area contributed by atoms with Crippen molar-refractivity contribution >= 4 is 5.91 Å². The lowest BCUT2D eigenvalue weighted by molar-refractivity contribution is -0.129. The van der Waals surface area contributed by atoms with E-state index < -0.39 is 0 Å². The third kappa shape index (κ3) is 4.73. The number of nitrogens with one attached hydrogen (secondary N) is 1. The lowest BCUT2D eigenvalue weighted by Crippen LogP contribution is -2.36. The van der Waals surface area contributed by atoms with Crippen LogP contribution in [0.1, 0.15) is 38.2 Å². The number of amides is 1. The highest BCUT2D eigenvalue weighted by Gasteiger charge is 2.29. The van der Waals surface area contributed by atoms with Crippen LogP contribution < -0.4 is 10.1 Å². The second kappa shape index (κ2) is 8.79. The first-order chi connectivity index (χ1) is 10.7. The van der Waals surface area contributed by atoms with Gasteiger partial charge in [0.1, 0.15) is 5.75 Å². The Bertz CT molecular complexity index is 476. The van der Waals surface area contributed by atoms with Gasteiger partial charge in [0.15, 0.2) is 0 Å². The number of carbonyl (C=O) groups excluding carboxylic acids is 1. The molecule has 1 aliphatic heterocycles. The van der Waals surface area contributed by atoms with Crippen LogP contribution >= 0.6 is 0 Å². The Hall–Kier alpha value is -1.55. The molecule has 0 unspecified atom stereocenters. The van der Waals surface area contributed by atoms with Crippen LogP contribution in [0.2, 0.25) is 0 Å². The zero-order valence-corrected chi connectivity index (χ0v) is 13.8. The van der Waals surface area contributed by atoms with Gasteiger partial charge in [-0.2, -0.15) is 0 Å². The van der Waals surface area contributed by atoms with Gasteiger partial charge in [0, 0.05) is 19.0 Å². The van der Waals surface area contributed by atoms with Gasteiger partial charge in [-0.05, 0) is 56.5 Å². The molecule has 4 heteroatoms. The van der Waals surface area contributed by atoms with Gasteiger partial charge >= 0.3 is 0 Å². The summed E-state index contributed by atoms with van der Waals surface area (Å²) in [5, 5.41) is 3.43. The first-order valence-electron chi connectivity index (χ1n) is 8.37. The molecule has 4 nitrogen and oxygen atoms in total. The van der Waals surface area contributed by atoms with Crippen LogP contribution in [0.25, 0.3) is 0 Å². The molecule has 1 atom stereocenters. The first-order valence-corrected chi connectivity index (χ1v) is 8.37. The highest BCUT2D eigenvalue weighted by atomic mass is 16.5. The van der Waals surface area contributed by atoms with Crippen molar-refractivity contribution in [1.29, 1.82) is 0 Å². The van der Waals surface area contributed by atoms with Crippen molar-refractivity contribution in [2.24, 2.45) is 0 Å². The summed E-state index contributed by atoms with van der Waals surface area (Å²) >= 11 is 0. The van der Waals surface area contributed by atoms with Crippen molar-refractivity contribution in [3.8, 4) is 5.75 Å². The van der Waals surface area contributed by atoms with E-state index in [1.165, 1.54) is 5.56 Å². The number of hydrogen-bond acceptors (Lipinski definition) is 3. The maximum absolute atomic E-state index is 12.1. The molecule has 0 aromatic heterocycles. The fourth-order valence-corrected chi connectivity index (χ4v) is 3.05. The quantitative estimate of drug-likeness (QED) is 0.713. The lowest BCUT2D eigenvalue weighted by atomic mass is 10.1. The van der Waals surface area contributed by atoms with Crippen LogP contribution in [0.4, 0.5) is 0 Å². The Morgan fingerprint density at radius 2 is 2.23 bits per heavy atom. The summed E-state index contributed by atoms with van der Waals surface area (Å²) in [6.45, 7) is 5.04. The molecule has 1 N–H and O–H groups in total. The largest absolute Gasteiger partial charge is 0.497 e. The predicted molar refractivity (Wildman–Crippen MR) is 89.2 cm³/mol. The van der Waals surface area contributed by atoms with E-state index in [1.54, 1.807) is 7.11 Å². The topological polar surface area (TPSA) is 41.6 Å². The van der Waals surface area contributed by atoms with E-state index in [0.29, 0.717) is 18.4 Å². The zero-order chi connectivity index (χ0) is 15.8. The normalized spacial score (nSPS) is 18.0. The average molecular weight is 304 g/mol. The fourth-order valence-electron chi connectivity index (χ4n) is 3.05. The van der Waals surface area contributed by atoms with Crippen LogP contribution in [0, 0.1) is 0 Å². The minimum Gasteiger partial charge on any atom is -0.497 e. The monoisotopic (exact) mass is 304 g/mol. The van der Waals surface area contributed by atoms with Crippen LogP contribution in [-0.2, 0) is 11.2 Å². The van der Waals surface area contributed by atoms with Crippen molar-refractivity contribution in [2.75, 3.05) is 26.7 Å². The molecule has 1 saturated heterocycles. The number of ether oxygens (including phenoxy) is 1. The molecule has 1 aromatic carbocycles. The van der Waals surface area contributed by atoms with Gasteiger partial charge in [0.2, 0.25) is 5.91 Å². The van der Waals surface area contributed by atoms with Crippen molar-refractivity contribution in [2.45, 2.75) is 45.1 Å². The third-order valence-electron chi connectivity index (χ3n) is 4.31. The number of nitrogens with zero attached hydrogens (tertiary/aromatic N) is 1. The molecule has 1 aliphatic rings. The summed E-state index contributed by atoms with van der Waals surface area (Å²) in [7, 11) is 1.68. The molecular formula is C18H28N2O2. The highest BCUT2D eigenvalue weighted by molar-refractivity contribution is 5.78. The summed E-state index contributed by atoms with van der Waals surface area (Å²) in [5.74, 6) is 1.19. The maximum Gasteiger partial charge on any atom is 0.222 e. The second-order valence-corrected chi connectivity index (χ2v) is 5.92. The standard InChI is InChI=1S/C18H28N2O2/c1-3-11-19-12-9-16-7-8-18(21)20(16)13-10-15-5-4-6-17(14-15)22-2/h4-6,14,16,19H,3,7-13H2,1-2H3/t16-/m1/s1. The van der Waals surface area contributed by atoms with Crippen LogP contribution in [-0.4, -0.2) is 43.6 Å². The van der Waals surface area contributed by atoms with Crippen molar-refractivity contribution < 1.29 is 9.53 Å². The fraction of sp³-hybridized carbons (Fsp3) is 0.611. The molecule has 0 aliphatic carbocycles. The Morgan fingerprint density at radius 1 is 1.36 bits per heavy atom. The van der Waals surface area contributed by atoms with Gasteiger partial charge in [-0.1, -0.05) is 19.1 Å². The van der Waals surface area contributed by atoms with Crippen LogP contribution in [0.3, 0.4) is 0 Å². The SMILES string of the molecule is CCCNCC[C@H]1CCC(=O)N1CCc1cccc(OC)c1. The number of carbonyl (C=O) groups is 1. The molecule has 0 spiro atoms. The highest BCUT2D eigenvalue weighted by Crippen LogP contribution is 2.22. The average Bonchev–Trinajstić information content (AvgIpc) is 2.90. The molecule has 1 heterocycles. The predicted octanol–water partition coefficient (Wildman–Crippen LogP) is 2.62. The molecule has 1 fully saturated rings. The van der Waals surface area contributed by atoms with E-state index in [1.807, 2.05) is 12.1 Å². The van der Waals surface area contributed by atoms with Crippen LogP contribution in [0.15, 0.2) is 24.3 Å². The Labute approximate surface area is 133 Å². The third-order valence-corrected chi connectivity index (χ3v) is 4.31. The number of benzene rings is 1. The van der Waals surface area contributed by atoms with Gasteiger partial charge < -0.3 is 15.0 Å². The number of methoxy groups -OCH3 is 1. The molecule has 22 heavy (non-hydrogen) atoms. The minimum absolute atomic E-state index is 0.309. The van der Waals surface area contributed by atoms with E-state index >= 15 is 0 Å². The molecule has 122 valence electrons. The molecule has 0 bridgehead atoms. The summed E-state index contributed by atoms with van der Waals surface area (Å²) in [6, 6.07) is 8.51. The Kier molecular flexibility index (Phi) is 6.72. The van der Waals surface area contributed by atoms with E-state index in [-0.39, 0.29) is 0 Å². The van der Waals surface area contributed by atoms with E-state index in [9.17, 15) is 4.79 Å². The summed E-state index contributed by atoms with van der Waals surface area (Å²) in [6.07, 6.45) is 4.82. The second-order valence-electron chi connectivity index (χ2n) is 5.92. The van der Waals surface area contributed by atoms with Crippen LogP contribution in [0.5, 0.6) is 5.75 Å². The van der Waals surface area contributed by atoms with Crippen molar-refractivity contribution in [3.63, 3.8) is 0 Å². The summed E-state index contributed by atoms with van der Waals surface area (Å²) < 4.78 is 5.26. The first kappa shape index (κ1) is 16.8. The van der Waals surface area contributed by atoms with Crippen molar-refractivity contribution in [1.82, 2.24) is 10.2 Å². The van der Waals surface area contributed by atoms with Gasteiger partial charge in [0.25, 0.3) is 0 Å². The number of likely N-dealkylation sites (tertiary alicyclic amines) is 1. The summed E-state index contributed by atoms with van der Waals surface area (Å²) in [4.78, 5) is 14.2. The smallest absolute Gasteiger partial charge is 0.222 e. The Balaban J connectivity index is 1.84. The van der Waals surface area contributed by atoms with Gasteiger partial charge in [-0.25, -0.2) is 0 Å². The van der Waals surface area contributed by atoms with Gasteiger partial charge in [0.05, 0.1) is 7.11 Å². The number of rotatable bonds is 9. The van der Waals surface area contributed by atoms with Gasteiger partial charge in [-0.15, -0.1) is 0 Å². The Morgan fingerprint density at radius 3 is 3.00 bits per heavy atom. The van der Waals surface area contributed by atoms with E-state index in [2.05, 4.69) is 29.3 Å². The minimum atomic E-state index is 0.309. The maximum atomic E-state index is 12.1. The molecular weight excluding hydrogens is 276 g/mol. The molecule has 0 radical (unpaired) electrons. The number of hydrogen-bond donors (Lipinski definition) is 1. The zero-order valence-electron chi connectivity index (χ0n) is 13.8. The summed E-state index contributed by atoms with van der Waals surface area (Å²) in [5.41, 5.74) is 1.22. The molecule has 0 saturated carbocycles. The van der Waals surface area contributed by atoms with E-state index in [0.717, 1.165) is 51.1 Å². The lowest BCUT2D eigenvalue weighted by Gasteiger charge is -2.25. The molecule has 1 amide bonds. The van der Waals surface area contributed by atoms with Crippen molar-refractivity contribution in [3.05, 3.63) is 29.8 Å². The van der Waals surface area contributed by atoms with E-state index in [4.69, 9.17) is 4.74 Å². The molecule has 2 rings (SSSR count).